The van der Waals surface area contributed by atoms with Crippen LogP contribution in [-0.2, 0) is 9.47 Å². The maximum Gasteiger partial charge on any atom is 0.0983 e. The van der Waals surface area contributed by atoms with Gasteiger partial charge in [0.15, 0.2) is 0 Å². The summed E-state index contributed by atoms with van der Waals surface area (Å²) in [5.41, 5.74) is 0. The first-order chi connectivity index (χ1) is 4.97. The Bertz CT molecular complexity index is 106. The topological polar surface area (TPSA) is 30.5 Å². The highest BCUT2D eigenvalue weighted by Crippen LogP contribution is 2.12. The van der Waals surface area contributed by atoms with Crippen LogP contribution >= 0.6 is 0 Å². The molecule has 0 aromatic heterocycles. The molecule has 10 heavy (non-hydrogen) atoms. The third kappa shape index (κ3) is 1.17. The van der Waals surface area contributed by atoms with E-state index < -0.39 is 0 Å². The van der Waals surface area contributed by atoms with Crippen molar-refractivity contribution in [2.75, 3.05) is 26.4 Å². The molecule has 3 nitrogen and oxygen atoms in total. The van der Waals surface area contributed by atoms with Gasteiger partial charge in [0.1, 0.15) is 0 Å². The summed E-state index contributed by atoms with van der Waals surface area (Å²) in [5, 5.41) is 3.39. The van der Waals surface area contributed by atoms with E-state index >= 15 is 0 Å². The van der Waals surface area contributed by atoms with E-state index in [4.69, 9.17) is 9.47 Å². The molecule has 2 rings (SSSR count). The number of hydrogen-bond donors (Lipinski definition) is 1. The second-order valence-electron chi connectivity index (χ2n) is 2.86. The van der Waals surface area contributed by atoms with Crippen molar-refractivity contribution < 1.29 is 9.47 Å². The van der Waals surface area contributed by atoms with Gasteiger partial charge in [0.05, 0.1) is 25.4 Å². The Balaban J connectivity index is 1.95. The maximum atomic E-state index is 5.54. The number of ether oxygens (including phenoxy) is 2. The molecule has 0 radical (unpaired) electrons. The second-order valence-corrected chi connectivity index (χ2v) is 2.86. The lowest BCUT2D eigenvalue weighted by Crippen LogP contribution is -2.38. The first kappa shape index (κ1) is 6.58. The zero-order chi connectivity index (χ0) is 6.81. The Morgan fingerprint density at radius 3 is 3.30 bits per heavy atom. The zero-order valence-electron chi connectivity index (χ0n) is 6.01. The molecule has 2 unspecified atom stereocenters. The van der Waals surface area contributed by atoms with Gasteiger partial charge in [0, 0.05) is 6.61 Å². The molecule has 2 saturated heterocycles. The first-order valence-electron chi connectivity index (χ1n) is 3.89. The van der Waals surface area contributed by atoms with E-state index in [1.807, 2.05) is 0 Å². The van der Waals surface area contributed by atoms with Crippen molar-refractivity contribution >= 4 is 0 Å². The summed E-state index contributed by atoms with van der Waals surface area (Å²) in [4.78, 5) is 0. The Kier molecular flexibility index (Phi) is 1.88. The molecule has 0 saturated carbocycles. The average molecular weight is 143 g/mol. The first-order valence-corrected chi connectivity index (χ1v) is 3.89. The molecule has 3 heteroatoms. The number of nitrogens with one attached hydrogen (secondary N) is 1. The van der Waals surface area contributed by atoms with Gasteiger partial charge in [0.25, 0.3) is 0 Å². The maximum absolute atomic E-state index is 5.54. The molecule has 2 heterocycles. The number of rotatable bonds is 0. The van der Waals surface area contributed by atoms with Gasteiger partial charge in [-0.1, -0.05) is 0 Å². The van der Waals surface area contributed by atoms with Crippen LogP contribution in [0.1, 0.15) is 6.42 Å². The van der Waals surface area contributed by atoms with Crippen LogP contribution in [0.4, 0.5) is 0 Å². The Morgan fingerprint density at radius 2 is 2.30 bits per heavy atom. The van der Waals surface area contributed by atoms with Crippen LogP contribution in [0, 0.1) is 0 Å². The lowest BCUT2D eigenvalue weighted by atomic mass is 10.2. The van der Waals surface area contributed by atoms with Crippen molar-refractivity contribution in [2.45, 2.75) is 18.6 Å². The SMILES string of the molecule is C1CNC2COCC2OC1. The lowest BCUT2D eigenvalue weighted by Gasteiger charge is -2.13. The molecular weight excluding hydrogens is 130 g/mol. The van der Waals surface area contributed by atoms with Crippen molar-refractivity contribution in [3.63, 3.8) is 0 Å². The normalized spacial score (nSPS) is 40.8. The smallest absolute Gasteiger partial charge is 0.0983 e. The molecule has 0 amide bonds. The minimum absolute atomic E-state index is 0.322. The third-order valence-electron chi connectivity index (χ3n) is 2.09. The van der Waals surface area contributed by atoms with Gasteiger partial charge >= 0.3 is 0 Å². The molecule has 1 N–H and O–H groups in total. The molecular formula is C7H13NO2. The summed E-state index contributed by atoms with van der Waals surface area (Å²) >= 11 is 0. The van der Waals surface area contributed by atoms with Gasteiger partial charge in [-0.25, -0.2) is 0 Å². The van der Waals surface area contributed by atoms with E-state index in [0.717, 1.165) is 32.8 Å². The van der Waals surface area contributed by atoms with Gasteiger partial charge in [0.2, 0.25) is 0 Å². The van der Waals surface area contributed by atoms with Crippen LogP contribution in [0.25, 0.3) is 0 Å². The minimum atomic E-state index is 0.322. The predicted octanol–water partition coefficient (Wildman–Crippen LogP) is -0.236. The van der Waals surface area contributed by atoms with Gasteiger partial charge in [-0.2, -0.15) is 0 Å². The van der Waals surface area contributed by atoms with Crippen LogP contribution in [0.15, 0.2) is 0 Å². The van der Waals surface area contributed by atoms with Gasteiger partial charge in [-0.3, -0.25) is 0 Å². The second kappa shape index (κ2) is 2.86. The molecule has 2 aliphatic rings. The van der Waals surface area contributed by atoms with Gasteiger partial charge in [-0.15, -0.1) is 0 Å². The van der Waals surface area contributed by atoms with Crippen LogP contribution in [0.5, 0.6) is 0 Å². The van der Waals surface area contributed by atoms with Crippen LogP contribution in [0.2, 0.25) is 0 Å². The van der Waals surface area contributed by atoms with E-state index in [2.05, 4.69) is 5.32 Å². The quantitative estimate of drug-likeness (QED) is 0.508. The molecule has 58 valence electrons. The highest BCUT2D eigenvalue weighted by Gasteiger charge is 2.29. The standard InChI is InChI=1S/C7H13NO2/c1-2-8-6-4-9-5-7(6)10-3-1/h6-8H,1-5H2. The van der Waals surface area contributed by atoms with Crippen molar-refractivity contribution in [2.24, 2.45) is 0 Å². The Hall–Kier alpha value is -0.120. The van der Waals surface area contributed by atoms with Crippen molar-refractivity contribution in [3.8, 4) is 0 Å². The highest BCUT2D eigenvalue weighted by atomic mass is 16.5. The number of fused-ring (bicyclic) bond motifs is 1. The molecule has 2 atom stereocenters. The highest BCUT2D eigenvalue weighted by molar-refractivity contribution is 4.83. The Labute approximate surface area is 60.7 Å². The molecule has 0 spiro atoms. The molecule has 0 aromatic carbocycles. The van der Waals surface area contributed by atoms with Crippen LogP contribution < -0.4 is 5.32 Å². The largest absolute Gasteiger partial charge is 0.377 e. The molecule has 2 fully saturated rings. The molecule has 2 aliphatic heterocycles. The van der Waals surface area contributed by atoms with Crippen molar-refractivity contribution in [1.29, 1.82) is 0 Å². The summed E-state index contributed by atoms with van der Waals surface area (Å²) in [6.45, 7) is 3.56. The number of hydrogen-bond acceptors (Lipinski definition) is 3. The molecule has 0 bridgehead atoms. The van der Waals surface area contributed by atoms with Crippen molar-refractivity contribution in [1.82, 2.24) is 5.32 Å². The third-order valence-corrected chi connectivity index (χ3v) is 2.09. The summed E-state index contributed by atoms with van der Waals surface area (Å²) in [6, 6.07) is 0.461. The minimum Gasteiger partial charge on any atom is -0.377 e. The van der Waals surface area contributed by atoms with E-state index in [9.17, 15) is 0 Å². The van der Waals surface area contributed by atoms with E-state index in [1.165, 1.54) is 0 Å². The van der Waals surface area contributed by atoms with Crippen LogP contribution in [0.3, 0.4) is 0 Å². The van der Waals surface area contributed by atoms with E-state index in [0.29, 0.717) is 12.1 Å². The van der Waals surface area contributed by atoms with Gasteiger partial charge in [-0.05, 0) is 13.0 Å². The summed E-state index contributed by atoms with van der Waals surface area (Å²) < 4.78 is 10.8. The zero-order valence-corrected chi connectivity index (χ0v) is 6.01. The average Bonchev–Trinajstić information content (AvgIpc) is 2.28. The van der Waals surface area contributed by atoms with Gasteiger partial charge < -0.3 is 14.8 Å². The molecule has 0 aromatic rings. The van der Waals surface area contributed by atoms with E-state index in [1.54, 1.807) is 0 Å². The van der Waals surface area contributed by atoms with Crippen LogP contribution in [-0.4, -0.2) is 38.5 Å². The molecule has 0 aliphatic carbocycles. The fourth-order valence-corrected chi connectivity index (χ4v) is 1.48. The Morgan fingerprint density at radius 1 is 1.30 bits per heavy atom. The summed E-state index contributed by atoms with van der Waals surface area (Å²) in [5.74, 6) is 0. The van der Waals surface area contributed by atoms with Crippen molar-refractivity contribution in [3.05, 3.63) is 0 Å². The van der Waals surface area contributed by atoms with E-state index in [-0.39, 0.29) is 0 Å². The predicted molar refractivity (Wildman–Crippen MR) is 37.0 cm³/mol. The monoisotopic (exact) mass is 143 g/mol. The lowest BCUT2D eigenvalue weighted by molar-refractivity contribution is 0.0440. The fraction of sp³-hybridized carbons (Fsp3) is 1.00. The summed E-state index contributed by atoms with van der Waals surface area (Å²) in [7, 11) is 0. The summed E-state index contributed by atoms with van der Waals surface area (Å²) in [6.07, 6.45) is 1.45. The fourth-order valence-electron chi connectivity index (χ4n) is 1.48.